The summed E-state index contributed by atoms with van der Waals surface area (Å²) < 4.78 is 5.27. The number of aliphatic imine (C=N–C) groups is 1. The second-order valence-corrected chi connectivity index (χ2v) is 6.27. The number of carbonyl (C=O) groups is 1. The van der Waals surface area contributed by atoms with Crippen LogP contribution in [0.5, 0.6) is 0 Å². The third kappa shape index (κ3) is 4.74. The summed E-state index contributed by atoms with van der Waals surface area (Å²) >= 11 is 0. The van der Waals surface area contributed by atoms with Crippen LogP contribution in [0, 0.1) is 0 Å². The Bertz CT molecular complexity index is 554. The Morgan fingerprint density at radius 3 is 2.96 bits per heavy atom. The molecule has 2 heterocycles. The van der Waals surface area contributed by atoms with E-state index in [0.717, 1.165) is 19.5 Å². The fraction of sp³-hybridized carbons (Fsp3) is 0.647. The van der Waals surface area contributed by atoms with Crippen LogP contribution in [0.3, 0.4) is 0 Å². The van der Waals surface area contributed by atoms with Crippen LogP contribution < -0.4 is 10.6 Å². The molecule has 1 saturated heterocycles. The average Bonchev–Trinajstić information content (AvgIpc) is 3.24. The van der Waals surface area contributed by atoms with E-state index in [1.165, 1.54) is 6.26 Å². The minimum Gasteiger partial charge on any atom is -0.466 e. The topological polar surface area (TPSA) is 90.1 Å². The fourth-order valence-electron chi connectivity index (χ4n) is 2.74. The molecule has 1 aliphatic rings. The Morgan fingerprint density at radius 1 is 1.54 bits per heavy atom. The first-order chi connectivity index (χ1) is 11.5. The van der Waals surface area contributed by atoms with Gasteiger partial charge < -0.3 is 25.1 Å². The molecule has 0 aliphatic carbocycles. The molecule has 7 nitrogen and oxygen atoms in total. The van der Waals surface area contributed by atoms with Crippen molar-refractivity contribution in [2.45, 2.75) is 45.3 Å². The van der Waals surface area contributed by atoms with E-state index in [-0.39, 0.29) is 18.5 Å². The third-order valence-electron chi connectivity index (χ3n) is 4.13. The normalized spacial score (nSPS) is 20.8. The highest BCUT2D eigenvalue weighted by molar-refractivity contribution is 5.80. The van der Waals surface area contributed by atoms with Crippen molar-refractivity contribution >= 4 is 11.9 Å². The van der Waals surface area contributed by atoms with Crippen molar-refractivity contribution in [1.82, 2.24) is 15.5 Å². The number of hydrogen-bond donors (Lipinski definition) is 3. The standard InChI is InChI=1S/C17H28N4O3/c1-4-15(22)21-9-8-13(11-21)20-16(18-5-2)19-12-17(3,23)14-7-6-10-24-14/h6-7,10,13,23H,4-5,8-9,11-12H2,1-3H3,(H2,18,19,20). The minimum atomic E-state index is -1.16. The highest BCUT2D eigenvalue weighted by Gasteiger charge is 2.28. The van der Waals surface area contributed by atoms with Crippen molar-refractivity contribution in [3.63, 3.8) is 0 Å². The first-order valence-electron chi connectivity index (χ1n) is 8.55. The largest absolute Gasteiger partial charge is 0.466 e. The van der Waals surface area contributed by atoms with Crippen LogP contribution in [0.2, 0.25) is 0 Å². The van der Waals surface area contributed by atoms with Gasteiger partial charge in [-0.3, -0.25) is 4.79 Å². The van der Waals surface area contributed by atoms with Gasteiger partial charge in [-0.25, -0.2) is 4.99 Å². The van der Waals surface area contributed by atoms with Crippen molar-refractivity contribution in [1.29, 1.82) is 0 Å². The van der Waals surface area contributed by atoms with E-state index < -0.39 is 5.60 Å². The van der Waals surface area contributed by atoms with Gasteiger partial charge >= 0.3 is 0 Å². The molecule has 1 aromatic heterocycles. The quantitative estimate of drug-likeness (QED) is 0.534. The van der Waals surface area contributed by atoms with E-state index in [1.807, 2.05) is 18.7 Å². The first-order valence-corrected chi connectivity index (χ1v) is 8.55. The molecule has 2 unspecified atom stereocenters. The molecule has 0 radical (unpaired) electrons. The van der Waals surface area contributed by atoms with Gasteiger partial charge in [-0.05, 0) is 32.4 Å². The van der Waals surface area contributed by atoms with E-state index >= 15 is 0 Å². The lowest BCUT2D eigenvalue weighted by Gasteiger charge is -2.21. The highest BCUT2D eigenvalue weighted by atomic mass is 16.4. The van der Waals surface area contributed by atoms with Crippen LogP contribution in [-0.4, -0.2) is 54.1 Å². The van der Waals surface area contributed by atoms with Gasteiger partial charge in [-0.1, -0.05) is 6.92 Å². The van der Waals surface area contributed by atoms with Gasteiger partial charge in [0.25, 0.3) is 0 Å². The SMILES string of the molecule is CCNC(=NCC(C)(O)c1ccco1)NC1CCN(C(=O)CC)C1. The number of amides is 1. The van der Waals surface area contributed by atoms with E-state index in [9.17, 15) is 9.90 Å². The molecule has 1 aromatic rings. The zero-order valence-corrected chi connectivity index (χ0v) is 14.7. The van der Waals surface area contributed by atoms with Gasteiger partial charge in [0, 0.05) is 32.1 Å². The summed E-state index contributed by atoms with van der Waals surface area (Å²) in [6.45, 7) is 7.91. The maximum atomic E-state index is 11.8. The molecule has 0 aromatic carbocycles. The zero-order valence-electron chi connectivity index (χ0n) is 14.7. The van der Waals surface area contributed by atoms with Crippen molar-refractivity contribution in [2.24, 2.45) is 4.99 Å². The van der Waals surface area contributed by atoms with Gasteiger partial charge in [0.05, 0.1) is 12.8 Å². The van der Waals surface area contributed by atoms with Gasteiger partial charge in [-0.2, -0.15) is 0 Å². The molecule has 2 rings (SSSR count). The van der Waals surface area contributed by atoms with E-state index in [4.69, 9.17) is 4.42 Å². The molecule has 0 spiro atoms. The minimum absolute atomic E-state index is 0.173. The van der Waals surface area contributed by atoms with Crippen LogP contribution in [-0.2, 0) is 10.4 Å². The molecule has 1 aliphatic heterocycles. The van der Waals surface area contributed by atoms with E-state index in [0.29, 0.717) is 24.7 Å². The van der Waals surface area contributed by atoms with Crippen LogP contribution in [0.25, 0.3) is 0 Å². The maximum absolute atomic E-state index is 11.8. The summed E-state index contributed by atoms with van der Waals surface area (Å²) in [5.74, 6) is 1.31. The molecule has 134 valence electrons. The molecule has 24 heavy (non-hydrogen) atoms. The zero-order chi connectivity index (χ0) is 17.6. The van der Waals surface area contributed by atoms with E-state index in [2.05, 4.69) is 15.6 Å². The van der Waals surface area contributed by atoms with Crippen LogP contribution in [0.15, 0.2) is 27.8 Å². The number of nitrogens with zero attached hydrogens (tertiary/aromatic N) is 2. The number of rotatable bonds is 6. The maximum Gasteiger partial charge on any atom is 0.222 e. The van der Waals surface area contributed by atoms with Crippen molar-refractivity contribution in [3.8, 4) is 0 Å². The first kappa shape index (κ1) is 18.3. The van der Waals surface area contributed by atoms with Crippen LogP contribution >= 0.6 is 0 Å². The summed E-state index contributed by atoms with van der Waals surface area (Å²) in [5, 5.41) is 17.0. The number of aliphatic hydroxyl groups is 1. The van der Waals surface area contributed by atoms with Crippen molar-refractivity contribution < 1.29 is 14.3 Å². The summed E-state index contributed by atoms with van der Waals surface area (Å²) in [4.78, 5) is 18.1. The monoisotopic (exact) mass is 336 g/mol. The molecule has 0 bridgehead atoms. The molecule has 2 atom stereocenters. The fourth-order valence-corrected chi connectivity index (χ4v) is 2.74. The second-order valence-electron chi connectivity index (χ2n) is 6.27. The predicted molar refractivity (Wildman–Crippen MR) is 92.7 cm³/mol. The van der Waals surface area contributed by atoms with Gasteiger partial charge in [0.15, 0.2) is 5.96 Å². The predicted octanol–water partition coefficient (Wildman–Crippen LogP) is 1.05. The summed E-state index contributed by atoms with van der Waals surface area (Å²) in [5.41, 5.74) is -1.16. The lowest BCUT2D eigenvalue weighted by molar-refractivity contribution is -0.129. The molecular weight excluding hydrogens is 308 g/mol. The third-order valence-corrected chi connectivity index (χ3v) is 4.13. The highest BCUT2D eigenvalue weighted by Crippen LogP contribution is 2.21. The lowest BCUT2D eigenvalue weighted by Crippen LogP contribution is -2.45. The summed E-state index contributed by atoms with van der Waals surface area (Å²) in [6, 6.07) is 3.66. The Kier molecular flexibility index (Phi) is 6.25. The van der Waals surface area contributed by atoms with Gasteiger partial charge in [-0.15, -0.1) is 0 Å². The smallest absolute Gasteiger partial charge is 0.222 e. The molecule has 1 amide bonds. The average molecular weight is 336 g/mol. The Balaban J connectivity index is 1.95. The Morgan fingerprint density at radius 2 is 2.33 bits per heavy atom. The number of carbonyl (C=O) groups excluding carboxylic acids is 1. The molecule has 3 N–H and O–H groups in total. The van der Waals surface area contributed by atoms with Crippen molar-refractivity contribution in [2.75, 3.05) is 26.2 Å². The molecule has 1 fully saturated rings. The number of nitrogens with one attached hydrogen (secondary N) is 2. The molecule has 0 saturated carbocycles. The number of furan rings is 1. The number of likely N-dealkylation sites (tertiary alicyclic amines) is 1. The van der Waals surface area contributed by atoms with Crippen LogP contribution in [0.4, 0.5) is 0 Å². The summed E-state index contributed by atoms with van der Waals surface area (Å²) in [6.07, 6.45) is 2.96. The van der Waals surface area contributed by atoms with Crippen LogP contribution in [0.1, 0.15) is 39.4 Å². The Labute approximate surface area is 143 Å². The lowest BCUT2D eigenvalue weighted by atomic mass is 10.0. The Hall–Kier alpha value is -2.02. The molecule has 7 heteroatoms. The molecular formula is C17H28N4O3. The van der Waals surface area contributed by atoms with Gasteiger partial charge in [0.1, 0.15) is 11.4 Å². The van der Waals surface area contributed by atoms with Gasteiger partial charge in [0.2, 0.25) is 5.91 Å². The second kappa shape index (κ2) is 8.19. The van der Waals surface area contributed by atoms with E-state index in [1.54, 1.807) is 19.1 Å². The number of guanidine groups is 1. The summed E-state index contributed by atoms with van der Waals surface area (Å²) in [7, 11) is 0. The van der Waals surface area contributed by atoms with Crippen molar-refractivity contribution in [3.05, 3.63) is 24.2 Å². The number of hydrogen-bond acceptors (Lipinski definition) is 4.